The summed E-state index contributed by atoms with van der Waals surface area (Å²) in [6.45, 7) is 6.50. The Bertz CT molecular complexity index is 372. The predicted octanol–water partition coefficient (Wildman–Crippen LogP) is 0.671. The summed E-state index contributed by atoms with van der Waals surface area (Å²) in [7, 11) is 0. The van der Waals surface area contributed by atoms with Gasteiger partial charge in [-0.15, -0.1) is 0 Å². The van der Waals surface area contributed by atoms with Gasteiger partial charge in [-0.05, 0) is 12.3 Å². The third-order valence-electron chi connectivity index (χ3n) is 2.38. The molecule has 18 heavy (non-hydrogen) atoms. The summed E-state index contributed by atoms with van der Waals surface area (Å²) in [5.41, 5.74) is 5.58. The van der Waals surface area contributed by atoms with Gasteiger partial charge in [0.15, 0.2) is 0 Å². The topological polar surface area (TPSA) is 106 Å². The first-order chi connectivity index (χ1) is 8.56. The second kappa shape index (κ2) is 6.95. The van der Waals surface area contributed by atoms with Crippen molar-refractivity contribution in [1.29, 1.82) is 0 Å². The van der Waals surface area contributed by atoms with Crippen LogP contribution in [-0.2, 0) is 0 Å². The molecule has 0 bridgehead atoms. The molecule has 0 saturated heterocycles. The summed E-state index contributed by atoms with van der Waals surface area (Å²) >= 11 is 0. The van der Waals surface area contributed by atoms with E-state index >= 15 is 0 Å². The van der Waals surface area contributed by atoms with Gasteiger partial charge >= 0.3 is 6.01 Å². The molecular formula is C11H21N5O2. The lowest BCUT2D eigenvalue weighted by atomic mass is 10.1. The van der Waals surface area contributed by atoms with E-state index in [1.807, 2.05) is 20.8 Å². The van der Waals surface area contributed by atoms with Crippen LogP contribution in [-0.4, -0.2) is 39.3 Å². The Morgan fingerprint density at radius 2 is 2.06 bits per heavy atom. The van der Waals surface area contributed by atoms with E-state index in [1.165, 1.54) is 0 Å². The summed E-state index contributed by atoms with van der Waals surface area (Å²) in [5.74, 6) is 0.661. The molecule has 0 amide bonds. The van der Waals surface area contributed by atoms with Gasteiger partial charge in [0.05, 0.1) is 19.3 Å². The zero-order valence-corrected chi connectivity index (χ0v) is 11.1. The molecule has 102 valence electrons. The molecule has 1 aromatic heterocycles. The Hall–Kier alpha value is -1.63. The van der Waals surface area contributed by atoms with Crippen LogP contribution in [0.3, 0.4) is 0 Å². The molecule has 1 heterocycles. The number of anilines is 2. The number of hydrogen-bond donors (Lipinski definition) is 3. The Balaban J connectivity index is 2.78. The van der Waals surface area contributed by atoms with E-state index in [2.05, 4.69) is 20.3 Å². The minimum absolute atomic E-state index is 0.00555. The zero-order valence-electron chi connectivity index (χ0n) is 11.1. The van der Waals surface area contributed by atoms with Crippen molar-refractivity contribution in [3.63, 3.8) is 0 Å². The monoisotopic (exact) mass is 255 g/mol. The zero-order chi connectivity index (χ0) is 13.5. The van der Waals surface area contributed by atoms with Crippen LogP contribution in [0, 0.1) is 5.92 Å². The molecule has 0 aliphatic rings. The second-order valence-electron chi connectivity index (χ2n) is 4.33. The van der Waals surface area contributed by atoms with E-state index in [-0.39, 0.29) is 30.5 Å². The maximum absolute atomic E-state index is 9.24. The Morgan fingerprint density at radius 1 is 1.33 bits per heavy atom. The minimum Gasteiger partial charge on any atom is -0.463 e. The SMILES string of the molecule is CCCOc1nc(N)nc(NC(CO)C(C)C)n1. The molecule has 1 unspecified atom stereocenters. The predicted molar refractivity (Wildman–Crippen MR) is 69.4 cm³/mol. The molecule has 0 saturated carbocycles. The molecule has 7 nitrogen and oxygen atoms in total. The van der Waals surface area contributed by atoms with Crippen molar-refractivity contribution in [1.82, 2.24) is 15.0 Å². The molecule has 0 fully saturated rings. The Kier molecular flexibility index (Phi) is 5.57. The first kappa shape index (κ1) is 14.4. The van der Waals surface area contributed by atoms with Crippen molar-refractivity contribution in [2.24, 2.45) is 5.92 Å². The standard InChI is InChI=1S/C11H21N5O2/c1-4-5-18-11-15-9(12)14-10(16-11)13-8(6-17)7(2)3/h7-8,17H,4-6H2,1-3H3,(H3,12,13,14,15,16). The summed E-state index contributed by atoms with van der Waals surface area (Å²) in [6.07, 6.45) is 0.861. The second-order valence-corrected chi connectivity index (χ2v) is 4.33. The van der Waals surface area contributed by atoms with Crippen LogP contribution < -0.4 is 15.8 Å². The van der Waals surface area contributed by atoms with Gasteiger partial charge in [0.1, 0.15) is 0 Å². The summed E-state index contributed by atoms with van der Waals surface area (Å²) < 4.78 is 5.31. The van der Waals surface area contributed by atoms with Gasteiger partial charge in [-0.25, -0.2) is 0 Å². The quantitative estimate of drug-likeness (QED) is 0.657. The van der Waals surface area contributed by atoms with Crippen LogP contribution in [0.4, 0.5) is 11.9 Å². The molecule has 0 spiro atoms. The highest BCUT2D eigenvalue weighted by molar-refractivity contribution is 5.33. The minimum atomic E-state index is -0.133. The lowest BCUT2D eigenvalue weighted by Crippen LogP contribution is -2.30. The highest BCUT2D eigenvalue weighted by Crippen LogP contribution is 2.12. The molecule has 0 radical (unpaired) electrons. The average Bonchev–Trinajstić information content (AvgIpc) is 2.32. The van der Waals surface area contributed by atoms with Gasteiger partial charge in [-0.1, -0.05) is 20.8 Å². The molecular weight excluding hydrogens is 234 g/mol. The van der Waals surface area contributed by atoms with E-state index in [9.17, 15) is 5.11 Å². The molecule has 4 N–H and O–H groups in total. The number of aromatic nitrogens is 3. The smallest absolute Gasteiger partial charge is 0.323 e. The number of ether oxygens (including phenoxy) is 1. The van der Waals surface area contributed by atoms with Crippen LogP contribution in [0.2, 0.25) is 0 Å². The molecule has 1 atom stereocenters. The van der Waals surface area contributed by atoms with Crippen LogP contribution >= 0.6 is 0 Å². The van der Waals surface area contributed by atoms with Crippen molar-refractivity contribution < 1.29 is 9.84 Å². The van der Waals surface area contributed by atoms with Crippen molar-refractivity contribution in [2.45, 2.75) is 33.2 Å². The van der Waals surface area contributed by atoms with Crippen molar-refractivity contribution in [2.75, 3.05) is 24.3 Å². The number of aliphatic hydroxyl groups is 1. The van der Waals surface area contributed by atoms with Gasteiger partial charge in [-0.3, -0.25) is 0 Å². The number of nitrogens with two attached hydrogens (primary N) is 1. The van der Waals surface area contributed by atoms with Gasteiger partial charge in [0.2, 0.25) is 11.9 Å². The van der Waals surface area contributed by atoms with E-state index in [0.29, 0.717) is 12.6 Å². The summed E-state index contributed by atoms with van der Waals surface area (Å²) in [5, 5.41) is 12.3. The molecule has 0 aliphatic carbocycles. The third-order valence-corrected chi connectivity index (χ3v) is 2.38. The van der Waals surface area contributed by atoms with E-state index < -0.39 is 0 Å². The van der Waals surface area contributed by atoms with Crippen LogP contribution in [0.25, 0.3) is 0 Å². The van der Waals surface area contributed by atoms with Crippen LogP contribution in [0.15, 0.2) is 0 Å². The van der Waals surface area contributed by atoms with Crippen molar-refractivity contribution >= 4 is 11.9 Å². The number of aliphatic hydroxyl groups excluding tert-OH is 1. The lowest BCUT2D eigenvalue weighted by Gasteiger charge is -2.19. The summed E-state index contributed by atoms with van der Waals surface area (Å²) in [6, 6.07) is 0.0677. The van der Waals surface area contributed by atoms with E-state index in [4.69, 9.17) is 10.5 Å². The average molecular weight is 255 g/mol. The number of nitrogens with zero attached hydrogens (tertiary/aromatic N) is 3. The fraction of sp³-hybridized carbons (Fsp3) is 0.727. The third kappa shape index (κ3) is 4.33. The van der Waals surface area contributed by atoms with Gasteiger partial charge in [0, 0.05) is 0 Å². The normalized spacial score (nSPS) is 12.5. The van der Waals surface area contributed by atoms with Crippen LogP contribution in [0.1, 0.15) is 27.2 Å². The lowest BCUT2D eigenvalue weighted by molar-refractivity contribution is 0.248. The molecule has 1 aromatic rings. The molecule has 0 aromatic carbocycles. The number of rotatable bonds is 7. The van der Waals surface area contributed by atoms with Crippen LogP contribution in [0.5, 0.6) is 6.01 Å². The molecule has 0 aliphatic heterocycles. The van der Waals surface area contributed by atoms with E-state index in [1.54, 1.807) is 0 Å². The number of nitrogens with one attached hydrogen (secondary N) is 1. The largest absolute Gasteiger partial charge is 0.463 e. The highest BCUT2D eigenvalue weighted by Gasteiger charge is 2.14. The van der Waals surface area contributed by atoms with Gasteiger partial charge in [-0.2, -0.15) is 15.0 Å². The first-order valence-corrected chi connectivity index (χ1v) is 6.08. The fourth-order valence-corrected chi connectivity index (χ4v) is 1.28. The Labute approximate surface area is 107 Å². The maximum Gasteiger partial charge on any atom is 0.323 e. The van der Waals surface area contributed by atoms with Crippen molar-refractivity contribution in [3.05, 3.63) is 0 Å². The molecule has 1 rings (SSSR count). The summed E-state index contributed by atoms with van der Waals surface area (Å²) in [4.78, 5) is 11.9. The first-order valence-electron chi connectivity index (χ1n) is 6.08. The fourth-order valence-electron chi connectivity index (χ4n) is 1.28. The Morgan fingerprint density at radius 3 is 2.61 bits per heavy atom. The van der Waals surface area contributed by atoms with Gasteiger partial charge < -0.3 is 20.9 Å². The van der Waals surface area contributed by atoms with E-state index in [0.717, 1.165) is 6.42 Å². The van der Waals surface area contributed by atoms with Gasteiger partial charge in [0.25, 0.3) is 0 Å². The molecule has 7 heteroatoms. The number of nitrogen functional groups attached to an aromatic ring is 1. The van der Waals surface area contributed by atoms with Crippen molar-refractivity contribution in [3.8, 4) is 6.01 Å². The highest BCUT2D eigenvalue weighted by atomic mass is 16.5. The maximum atomic E-state index is 9.24. The number of hydrogen-bond acceptors (Lipinski definition) is 7.